The number of aryl methyl sites for hydroxylation is 2. The molecule has 0 unspecified atom stereocenters. The number of rotatable bonds is 4. The number of Topliss-reactive ketones (excluding diaryl/α,β-unsaturated/α-hetero) is 1. The lowest BCUT2D eigenvalue weighted by Gasteiger charge is -2.30. The van der Waals surface area contributed by atoms with Gasteiger partial charge in [-0.15, -0.1) is 0 Å². The lowest BCUT2D eigenvalue weighted by atomic mass is 9.80. The summed E-state index contributed by atoms with van der Waals surface area (Å²) in [5.74, 6) is 0.337. The van der Waals surface area contributed by atoms with Crippen molar-refractivity contribution in [3.8, 4) is 0 Å². The van der Waals surface area contributed by atoms with E-state index in [1.807, 2.05) is 10.9 Å². The van der Waals surface area contributed by atoms with Gasteiger partial charge in [0.15, 0.2) is 5.65 Å². The van der Waals surface area contributed by atoms with E-state index in [1.165, 1.54) is 32.1 Å². The fourth-order valence-electron chi connectivity index (χ4n) is 5.30. The van der Waals surface area contributed by atoms with Crippen LogP contribution in [0.2, 0.25) is 0 Å². The normalized spacial score (nSPS) is 21.8. The molecule has 0 saturated heterocycles. The number of pyridine rings is 1. The average molecular weight is 410 g/mol. The van der Waals surface area contributed by atoms with Gasteiger partial charge in [-0.05, 0) is 39.5 Å². The molecule has 0 radical (unpaired) electrons. The van der Waals surface area contributed by atoms with Gasteiger partial charge in [0.2, 0.25) is 0 Å². The Balaban J connectivity index is 1.54. The molecule has 5 rings (SSSR count). The van der Waals surface area contributed by atoms with Gasteiger partial charge >= 0.3 is 0 Å². The van der Waals surface area contributed by atoms with Crippen LogP contribution in [0.4, 0.5) is 5.69 Å². The number of ketones is 1. The second-order valence-corrected chi connectivity index (χ2v) is 9.15. The topological polar surface area (TPSA) is 81.4 Å². The van der Waals surface area contributed by atoms with E-state index in [9.17, 15) is 4.79 Å². The van der Waals surface area contributed by atoms with Gasteiger partial charge in [0.1, 0.15) is 11.4 Å². The quantitative estimate of drug-likeness (QED) is 0.803. The number of nitrogens with zero attached hydrogens (tertiary/aromatic N) is 4. The second-order valence-electron chi connectivity index (χ2n) is 9.15. The maximum Gasteiger partial charge on any atom is 0.160 e. The largest absolute Gasteiger partial charge is 0.389 e. The molecule has 2 aromatic rings. The first kappa shape index (κ1) is 19.5. The molecule has 2 aliphatic carbocycles. The number of aromatic nitrogens is 3. The Bertz CT molecular complexity index is 993. The van der Waals surface area contributed by atoms with Crippen molar-refractivity contribution in [1.82, 2.24) is 14.8 Å². The molecule has 2 fully saturated rings. The second kappa shape index (κ2) is 7.67. The Hall–Kier alpha value is -2.44. The maximum atomic E-state index is 11.7. The highest BCUT2D eigenvalue weighted by Gasteiger charge is 2.43. The van der Waals surface area contributed by atoms with Gasteiger partial charge in [-0.25, -0.2) is 9.67 Å². The van der Waals surface area contributed by atoms with Gasteiger partial charge < -0.3 is 10.2 Å². The Morgan fingerprint density at radius 1 is 1.23 bits per heavy atom. The van der Waals surface area contributed by atoms with E-state index in [2.05, 4.69) is 29.4 Å². The van der Waals surface area contributed by atoms with E-state index in [-0.39, 0.29) is 5.60 Å². The van der Waals surface area contributed by atoms with Crippen LogP contribution in [0.5, 0.6) is 0 Å². The molecule has 1 aliphatic heterocycles. The molecular weight excluding hydrogens is 378 g/mol. The molecule has 160 valence electrons. The van der Waals surface area contributed by atoms with E-state index in [0.717, 1.165) is 59.5 Å². The zero-order chi connectivity index (χ0) is 20.7. The van der Waals surface area contributed by atoms with Crippen molar-refractivity contribution >= 4 is 28.2 Å². The van der Waals surface area contributed by atoms with Crippen LogP contribution in [0.1, 0.15) is 82.4 Å². The molecule has 2 saturated carbocycles. The number of hydrogen-bond donors (Lipinski definition) is 1. The Kier molecular flexibility index (Phi) is 4.99. The van der Waals surface area contributed by atoms with Crippen LogP contribution in [-0.4, -0.2) is 37.9 Å². The van der Waals surface area contributed by atoms with Crippen molar-refractivity contribution in [2.75, 3.05) is 5.32 Å². The van der Waals surface area contributed by atoms with Crippen molar-refractivity contribution in [3.05, 3.63) is 17.5 Å². The van der Waals surface area contributed by atoms with Crippen LogP contribution in [0.3, 0.4) is 0 Å². The summed E-state index contributed by atoms with van der Waals surface area (Å²) in [5.41, 5.74) is 4.70. The minimum atomic E-state index is -0.319. The lowest BCUT2D eigenvalue weighted by Crippen LogP contribution is -2.34. The van der Waals surface area contributed by atoms with Crippen molar-refractivity contribution in [3.63, 3.8) is 0 Å². The number of oxime groups is 1. The Morgan fingerprint density at radius 3 is 2.73 bits per heavy atom. The first-order valence-electron chi connectivity index (χ1n) is 11.5. The minimum Gasteiger partial charge on any atom is -0.389 e. The summed E-state index contributed by atoms with van der Waals surface area (Å²) in [5, 5.41) is 14.1. The van der Waals surface area contributed by atoms with Gasteiger partial charge in [0, 0.05) is 37.4 Å². The van der Waals surface area contributed by atoms with Crippen molar-refractivity contribution in [2.45, 2.75) is 96.2 Å². The summed E-state index contributed by atoms with van der Waals surface area (Å²) in [7, 11) is 0. The van der Waals surface area contributed by atoms with Crippen LogP contribution in [-0.2, 0) is 16.2 Å². The zero-order valence-corrected chi connectivity index (χ0v) is 18.0. The molecule has 7 nitrogen and oxygen atoms in total. The maximum absolute atomic E-state index is 11.7. The predicted molar refractivity (Wildman–Crippen MR) is 117 cm³/mol. The fourth-order valence-corrected chi connectivity index (χ4v) is 5.30. The van der Waals surface area contributed by atoms with Crippen molar-refractivity contribution in [2.24, 2.45) is 5.16 Å². The van der Waals surface area contributed by atoms with Gasteiger partial charge in [-0.1, -0.05) is 24.4 Å². The SMILES string of the molecule is CCn1ncc2c(NC3CCCCC3)c(C3=NOC4(CCC(=O)CC4)C3)c(C)nc21. The molecule has 3 aliphatic rings. The van der Waals surface area contributed by atoms with E-state index in [4.69, 9.17) is 9.82 Å². The number of anilines is 1. The average Bonchev–Trinajstić information content (AvgIpc) is 3.35. The molecule has 3 heterocycles. The highest BCUT2D eigenvalue weighted by atomic mass is 16.7. The molecule has 2 aromatic heterocycles. The lowest BCUT2D eigenvalue weighted by molar-refractivity contribution is -0.127. The van der Waals surface area contributed by atoms with E-state index in [1.54, 1.807) is 0 Å². The van der Waals surface area contributed by atoms with Crippen molar-refractivity contribution < 1.29 is 9.63 Å². The molecule has 1 spiro atoms. The third-order valence-corrected chi connectivity index (χ3v) is 7.07. The monoisotopic (exact) mass is 409 g/mol. The smallest absolute Gasteiger partial charge is 0.160 e. The first-order chi connectivity index (χ1) is 14.6. The van der Waals surface area contributed by atoms with E-state index in [0.29, 0.717) is 24.7 Å². The molecule has 7 heteroatoms. The highest BCUT2D eigenvalue weighted by Crippen LogP contribution is 2.41. The number of fused-ring (bicyclic) bond motifs is 1. The Labute approximate surface area is 177 Å². The van der Waals surface area contributed by atoms with Crippen LogP contribution in [0, 0.1) is 6.92 Å². The minimum absolute atomic E-state index is 0.319. The summed E-state index contributed by atoms with van der Waals surface area (Å²) < 4.78 is 1.96. The fraction of sp³-hybridized carbons (Fsp3) is 0.652. The van der Waals surface area contributed by atoms with Crippen LogP contribution in [0.15, 0.2) is 11.4 Å². The first-order valence-corrected chi connectivity index (χ1v) is 11.5. The molecule has 0 amide bonds. The Morgan fingerprint density at radius 2 is 2.00 bits per heavy atom. The third-order valence-electron chi connectivity index (χ3n) is 7.07. The zero-order valence-electron chi connectivity index (χ0n) is 18.0. The van der Waals surface area contributed by atoms with E-state index < -0.39 is 0 Å². The number of nitrogens with one attached hydrogen (secondary N) is 1. The number of carbonyl (C=O) groups excluding carboxylic acids is 1. The summed E-state index contributed by atoms with van der Waals surface area (Å²) in [6.07, 6.45) is 11.6. The summed E-state index contributed by atoms with van der Waals surface area (Å²) in [6.45, 7) is 4.94. The van der Waals surface area contributed by atoms with Crippen LogP contribution >= 0.6 is 0 Å². The van der Waals surface area contributed by atoms with Crippen LogP contribution in [0.25, 0.3) is 11.0 Å². The van der Waals surface area contributed by atoms with Gasteiger partial charge in [0.05, 0.1) is 28.7 Å². The number of carbonyl (C=O) groups is 1. The number of hydrogen-bond acceptors (Lipinski definition) is 6. The molecule has 0 atom stereocenters. The highest BCUT2D eigenvalue weighted by molar-refractivity contribution is 6.12. The van der Waals surface area contributed by atoms with Gasteiger partial charge in [-0.2, -0.15) is 5.10 Å². The molecular formula is C23H31N5O2. The van der Waals surface area contributed by atoms with Crippen molar-refractivity contribution in [1.29, 1.82) is 0 Å². The molecule has 0 aromatic carbocycles. The van der Waals surface area contributed by atoms with E-state index >= 15 is 0 Å². The summed E-state index contributed by atoms with van der Waals surface area (Å²) in [4.78, 5) is 22.7. The third kappa shape index (κ3) is 3.38. The molecule has 30 heavy (non-hydrogen) atoms. The predicted octanol–water partition coefficient (Wildman–Crippen LogP) is 4.51. The standard InChI is InChI=1S/C23H31N5O2/c1-3-28-22-18(14-24-28)21(26-16-7-5-4-6-8-16)20(15(2)25-22)19-13-23(30-27-19)11-9-17(29)10-12-23/h14,16H,3-13H2,1-2H3,(H,25,26). The van der Waals surface area contributed by atoms with Gasteiger partial charge in [-0.3, -0.25) is 4.79 Å². The van der Waals surface area contributed by atoms with Crippen LogP contribution < -0.4 is 5.32 Å². The summed E-state index contributed by atoms with van der Waals surface area (Å²) >= 11 is 0. The molecule has 0 bridgehead atoms. The molecule has 1 N–H and O–H groups in total. The summed E-state index contributed by atoms with van der Waals surface area (Å²) in [6, 6.07) is 0.469. The van der Waals surface area contributed by atoms with Gasteiger partial charge in [0.25, 0.3) is 0 Å².